The summed E-state index contributed by atoms with van der Waals surface area (Å²) < 4.78 is 6.21. The smallest absolute Gasteiger partial charge is 0.0772 e. The molecule has 21 heavy (non-hydrogen) atoms. The molecule has 1 aliphatic rings. The normalized spacial score (nSPS) is 22.1. The van der Waals surface area contributed by atoms with E-state index in [1.54, 1.807) is 0 Å². The number of nitrogens with one attached hydrogen (secondary N) is 1. The number of piperidine rings is 1. The largest absolute Gasteiger partial charge is 0.372 e. The maximum absolute atomic E-state index is 6.21. The van der Waals surface area contributed by atoms with Gasteiger partial charge in [-0.25, -0.2) is 0 Å². The minimum absolute atomic E-state index is 0.251. The van der Waals surface area contributed by atoms with Crippen molar-refractivity contribution in [3.63, 3.8) is 0 Å². The highest BCUT2D eigenvalue weighted by atomic mass is 16.5. The molecule has 1 N–H and O–H groups in total. The Labute approximate surface area is 127 Å². The Bertz CT molecular complexity index is 567. The van der Waals surface area contributed by atoms with Crippen molar-refractivity contribution in [3.05, 3.63) is 71.3 Å². The first-order valence-corrected chi connectivity index (χ1v) is 7.76. The van der Waals surface area contributed by atoms with Crippen LogP contribution in [0.4, 0.5) is 0 Å². The fourth-order valence-electron chi connectivity index (χ4n) is 3.06. The highest BCUT2D eigenvalue weighted by Gasteiger charge is 2.27. The Morgan fingerprint density at radius 3 is 2.76 bits per heavy atom. The minimum Gasteiger partial charge on any atom is -0.372 e. The monoisotopic (exact) mass is 281 g/mol. The van der Waals surface area contributed by atoms with E-state index in [0.717, 1.165) is 19.5 Å². The Hall–Kier alpha value is -1.64. The van der Waals surface area contributed by atoms with Crippen molar-refractivity contribution in [3.8, 4) is 0 Å². The minimum atomic E-state index is 0.251. The van der Waals surface area contributed by atoms with E-state index in [-0.39, 0.29) is 6.10 Å². The fraction of sp³-hybridized carbons (Fsp3) is 0.368. The van der Waals surface area contributed by atoms with Crippen molar-refractivity contribution in [1.82, 2.24) is 5.32 Å². The molecule has 1 heterocycles. The van der Waals surface area contributed by atoms with Gasteiger partial charge in [0, 0.05) is 12.5 Å². The predicted molar refractivity (Wildman–Crippen MR) is 86.4 cm³/mol. The van der Waals surface area contributed by atoms with Gasteiger partial charge in [-0.1, -0.05) is 60.2 Å². The van der Waals surface area contributed by atoms with Crippen LogP contribution in [0.1, 0.15) is 29.0 Å². The third-order valence-corrected chi connectivity index (χ3v) is 4.20. The number of rotatable bonds is 4. The van der Waals surface area contributed by atoms with Crippen molar-refractivity contribution in [2.75, 3.05) is 13.1 Å². The second-order valence-electron chi connectivity index (χ2n) is 5.85. The molecule has 110 valence electrons. The number of aryl methyl sites for hydroxylation is 1. The molecule has 0 spiro atoms. The summed E-state index contributed by atoms with van der Waals surface area (Å²) in [7, 11) is 0. The van der Waals surface area contributed by atoms with Crippen LogP contribution >= 0.6 is 0 Å². The zero-order valence-corrected chi connectivity index (χ0v) is 12.6. The highest BCUT2D eigenvalue weighted by Crippen LogP contribution is 2.28. The second kappa shape index (κ2) is 6.88. The van der Waals surface area contributed by atoms with E-state index in [1.807, 2.05) is 6.07 Å². The van der Waals surface area contributed by atoms with Crippen molar-refractivity contribution in [1.29, 1.82) is 0 Å². The van der Waals surface area contributed by atoms with Crippen molar-refractivity contribution in [2.24, 2.45) is 0 Å². The summed E-state index contributed by atoms with van der Waals surface area (Å²) in [4.78, 5) is 0. The summed E-state index contributed by atoms with van der Waals surface area (Å²) in [5.41, 5.74) is 3.98. The molecule has 1 fully saturated rings. The first-order chi connectivity index (χ1) is 10.3. The van der Waals surface area contributed by atoms with Gasteiger partial charge in [0.15, 0.2) is 0 Å². The van der Waals surface area contributed by atoms with E-state index < -0.39 is 0 Å². The first-order valence-electron chi connectivity index (χ1n) is 7.76. The topological polar surface area (TPSA) is 21.3 Å². The lowest BCUT2D eigenvalue weighted by molar-refractivity contribution is 0.0106. The Balaban J connectivity index is 1.70. The lowest BCUT2D eigenvalue weighted by atomic mass is 9.87. The maximum Gasteiger partial charge on any atom is 0.0772 e. The van der Waals surface area contributed by atoms with Gasteiger partial charge in [0.2, 0.25) is 0 Å². The van der Waals surface area contributed by atoms with E-state index in [2.05, 4.69) is 60.8 Å². The van der Waals surface area contributed by atoms with Crippen LogP contribution in [0.3, 0.4) is 0 Å². The quantitative estimate of drug-likeness (QED) is 0.923. The third-order valence-electron chi connectivity index (χ3n) is 4.20. The number of benzene rings is 2. The van der Waals surface area contributed by atoms with Gasteiger partial charge in [0.1, 0.15) is 0 Å². The Morgan fingerprint density at radius 1 is 1.10 bits per heavy atom. The Morgan fingerprint density at radius 2 is 1.95 bits per heavy atom. The van der Waals surface area contributed by atoms with Gasteiger partial charge in [-0.2, -0.15) is 0 Å². The first kappa shape index (κ1) is 14.3. The van der Waals surface area contributed by atoms with Gasteiger partial charge < -0.3 is 10.1 Å². The van der Waals surface area contributed by atoms with Crippen molar-refractivity contribution in [2.45, 2.75) is 32.0 Å². The van der Waals surface area contributed by atoms with Gasteiger partial charge in [0.05, 0.1) is 12.7 Å². The molecule has 3 rings (SSSR count). The van der Waals surface area contributed by atoms with Gasteiger partial charge in [0.25, 0.3) is 0 Å². The maximum atomic E-state index is 6.21. The molecule has 1 saturated heterocycles. The number of ether oxygens (including phenoxy) is 1. The van der Waals surface area contributed by atoms with Crippen LogP contribution in [0.15, 0.2) is 54.6 Å². The molecule has 0 saturated carbocycles. The average molecular weight is 281 g/mol. The molecular formula is C19H23NO. The van der Waals surface area contributed by atoms with Crippen LogP contribution < -0.4 is 5.32 Å². The summed E-state index contributed by atoms with van der Waals surface area (Å²) in [5, 5.41) is 3.46. The van der Waals surface area contributed by atoms with Gasteiger partial charge >= 0.3 is 0 Å². The molecule has 2 nitrogen and oxygen atoms in total. The fourth-order valence-corrected chi connectivity index (χ4v) is 3.06. The summed E-state index contributed by atoms with van der Waals surface area (Å²) in [6.07, 6.45) is 1.39. The molecule has 2 atom stereocenters. The van der Waals surface area contributed by atoms with Crippen LogP contribution in [0.25, 0.3) is 0 Å². The number of hydrogen-bond acceptors (Lipinski definition) is 2. The lowest BCUT2D eigenvalue weighted by Crippen LogP contribution is -2.41. The second-order valence-corrected chi connectivity index (χ2v) is 5.85. The lowest BCUT2D eigenvalue weighted by Gasteiger charge is -2.32. The van der Waals surface area contributed by atoms with Gasteiger partial charge in [-0.05, 0) is 31.0 Å². The molecule has 2 aromatic rings. The molecule has 0 amide bonds. The van der Waals surface area contributed by atoms with E-state index >= 15 is 0 Å². The summed E-state index contributed by atoms with van der Waals surface area (Å²) >= 11 is 0. The van der Waals surface area contributed by atoms with Crippen LogP contribution in [-0.4, -0.2) is 19.2 Å². The third kappa shape index (κ3) is 3.72. The van der Waals surface area contributed by atoms with Crippen LogP contribution in [0.2, 0.25) is 0 Å². The average Bonchev–Trinajstić information content (AvgIpc) is 2.54. The molecule has 0 radical (unpaired) electrons. The molecule has 0 unspecified atom stereocenters. The predicted octanol–water partition coefficient (Wildman–Crippen LogP) is 3.66. The van der Waals surface area contributed by atoms with Crippen LogP contribution in [0.5, 0.6) is 0 Å². The number of hydrogen-bond donors (Lipinski definition) is 1. The highest BCUT2D eigenvalue weighted by molar-refractivity contribution is 5.27. The molecular weight excluding hydrogens is 258 g/mol. The molecule has 2 aromatic carbocycles. The zero-order chi connectivity index (χ0) is 14.5. The summed E-state index contributed by atoms with van der Waals surface area (Å²) in [5.74, 6) is 0.495. The van der Waals surface area contributed by atoms with Crippen LogP contribution in [0, 0.1) is 6.92 Å². The van der Waals surface area contributed by atoms with Crippen molar-refractivity contribution >= 4 is 0 Å². The SMILES string of the molecule is Cc1cccc([C@@H]2CCNC[C@H]2OCc2ccccc2)c1. The van der Waals surface area contributed by atoms with Crippen molar-refractivity contribution < 1.29 is 4.74 Å². The van der Waals surface area contributed by atoms with Gasteiger partial charge in [-0.15, -0.1) is 0 Å². The standard InChI is InChI=1S/C19H23NO/c1-15-6-5-9-17(12-15)18-10-11-20-13-19(18)21-14-16-7-3-2-4-8-16/h2-9,12,18-20H,10-11,13-14H2,1H3/t18-,19+/m0/s1. The van der Waals surface area contributed by atoms with E-state index in [4.69, 9.17) is 4.74 Å². The molecule has 0 aromatic heterocycles. The van der Waals surface area contributed by atoms with E-state index in [0.29, 0.717) is 12.5 Å². The molecule has 0 aliphatic carbocycles. The van der Waals surface area contributed by atoms with Gasteiger partial charge in [-0.3, -0.25) is 0 Å². The summed E-state index contributed by atoms with van der Waals surface area (Å²) in [6.45, 7) is 4.86. The molecule has 2 heteroatoms. The zero-order valence-electron chi connectivity index (χ0n) is 12.6. The Kier molecular flexibility index (Phi) is 4.69. The summed E-state index contributed by atoms with van der Waals surface area (Å²) in [6, 6.07) is 19.3. The van der Waals surface area contributed by atoms with E-state index in [9.17, 15) is 0 Å². The molecule has 1 aliphatic heterocycles. The van der Waals surface area contributed by atoms with E-state index in [1.165, 1.54) is 16.7 Å². The van der Waals surface area contributed by atoms with Crippen LogP contribution in [-0.2, 0) is 11.3 Å². The molecule has 0 bridgehead atoms.